The first-order chi connectivity index (χ1) is 14.0. The third-order valence-corrected chi connectivity index (χ3v) is 6.23. The summed E-state index contributed by atoms with van der Waals surface area (Å²) < 4.78 is 0. The van der Waals surface area contributed by atoms with Crippen LogP contribution in [0.1, 0.15) is 43.7 Å². The maximum absolute atomic E-state index is 12.8. The van der Waals surface area contributed by atoms with Crippen molar-refractivity contribution in [2.45, 2.75) is 45.6 Å². The van der Waals surface area contributed by atoms with Gasteiger partial charge in [0.2, 0.25) is 5.91 Å². The normalized spacial score (nSPS) is 18.3. The first-order valence-corrected chi connectivity index (χ1v) is 11.1. The molecule has 1 amide bonds. The highest BCUT2D eigenvalue weighted by atomic mass is 127. The van der Waals surface area contributed by atoms with Crippen molar-refractivity contribution in [2.24, 2.45) is 10.4 Å². The first-order valence-electron chi connectivity index (χ1n) is 11.1. The van der Waals surface area contributed by atoms with Crippen molar-refractivity contribution >= 4 is 35.8 Å². The van der Waals surface area contributed by atoms with Crippen LogP contribution in [0.25, 0.3) is 0 Å². The van der Waals surface area contributed by atoms with E-state index in [2.05, 4.69) is 46.7 Å². The van der Waals surface area contributed by atoms with E-state index < -0.39 is 0 Å². The summed E-state index contributed by atoms with van der Waals surface area (Å²) in [7, 11) is 3.71. The molecule has 0 spiro atoms. The zero-order valence-corrected chi connectivity index (χ0v) is 21.1. The quantitative estimate of drug-likeness (QED) is 0.326. The van der Waals surface area contributed by atoms with Gasteiger partial charge in [-0.05, 0) is 37.3 Å². The number of halogens is 1. The molecule has 1 fully saturated rings. The molecule has 3 rings (SSSR count). The van der Waals surface area contributed by atoms with Crippen molar-refractivity contribution in [2.75, 3.05) is 46.8 Å². The number of fused-ring (bicyclic) bond motifs is 1. The summed E-state index contributed by atoms with van der Waals surface area (Å²) >= 11 is 0. The number of benzene rings is 1. The highest BCUT2D eigenvalue weighted by molar-refractivity contribution is 14.0. The van der Waals surface area contributed by atoms with Gasteiger partial charge in [0.25, 0.3) is 0 Å². The standard InChI is InChI=1S/C23H37N5O.HI/c1-4-24-22(26-18-23(12-7-8-13-23)21(29)27(2)3)25-14-16-28-15-11-19-9-5-6-10-20(19)17-28;/h5-6,9-10H,4,7-8,11-18H2,1-3H3,(H2,24,25,26);1H. The summed E-state index contributed by atoms with van der Waals surface area (Å²) in [6, 6.07) is 8.75. The summed E-state index contributed by atoms with van der Waals surface area (Å²) in [6.07, 6.45) is 5.25. The number of nitrogens with one attached hydrogen (secondary N) is 2. The summed E-state index contributed by atoms with van der Waals surface area (Å²) in [4.78, 5) is 21.8. The average molecular weight is 527 g/mol. The smallest absolute Gasteiger partial charge is 0.230 e. The second-order valence-corrected chi connectivity index (χ2v) is 8.60. The molecule has 2 aliphatic rings. The Balaban J connectivity index is 0.00000320. The number of rotatable bonds is 7. The van der Waals surface area contributed by atoms with E-state index in [9.17, 15) is 4.79 Å². The molecular weight excluding hydrogens is 489 g/mol. The van der Waals surface area contributed by atoms with E-state index in [-0.39, 0.29) is 35.3 Å². The zero-order valence-electron chi connectivity index (χ0n) is 18.7. The van der Waals surface area contributed by atoms with Crippen LogP contribution >= 0.6 is 24.0 Å². The number of hydrogen-bond donors (Lipinski definition) is 2. The van der Waals surface area contributed by atoms with Gasteiger partial charge in [0, 0.05) is 46.8 Å². The second kappa shape index (κ2) is 11.9. The van der Waals surface area contributed by atoms with Crippen LogP contribution in [0.3, 0.4) is 0 Å². The van der Waals surface area contributed by atoms with Gasteiger partial charge in [0.1, 0.15) is 0 Å². The van der Waals surface area contributed by atoms with Gasteiger partial charge >= 0.3 is 0 Å². The third kappa shape index (κ3) is 6.33. The fourth-order valence-electron chi connectivity index (χ4n) is 4.62. The summed E-state index contributed by atoms with van der Waals surface area (Å²) in [6.45, 7) is 7.42. The molecule has 7 heteroatoms. The van der Waals surface area contributed by atoms with Crippen LogP contribution in [0, 0.1) is 5.41 Å². The molecule has 0 bridgehead atoms. The van der Waals surface area contributed by atoms with E-state index in [0.717, 1.165) is 70.8 Å². The molecule has 1 aromatic rings. The van der Waals surface area contributed by atoms with Gasteiger partial charge in [-0.25, -0.2) is 0 Å². The minimum Gasteiger partial charge on any atom is -0.357 e. The Morgan fingerprint density at radius 1 is 1.17 bits per heavy atom. The predicted octanol–water partition coefficient (Wildman–Crippen LogP) is 2.87. The number of amides is 1. The van der Waals surface area contributed by atoms with E-state index in [1.807, 2.05) is 14.1 Å². The molecule has 1 aromatic carbocycles. The number of carbonyl (C=O) groups excluding carboxylic acids is 1. The Kier molecular flexibility index (Phi) is 9.87. The number of nitrogens with zero attached hydrogens (tertiary/aromatic N) is 3. The maximum atomic E-state index is 12.8. The average Bonchev–Trinajstić information content (AvgIpc) is 3.21. The van der Waals surface area contributed by atoms with Gasteiger partial charge in [-0.15, -0.1) is 24.0 Å². The van der Waals surface area contributed by atoms with Crippen LogP contribution in [0.4, 0.5) is 0 Å². The Morgan fingerprint density at radius 2 is 1.87 bits per heavy atom. The van der Waals surface area contributed by atoms with Crippen molar-refractivity contribution in [3.05, 3.63) is 35.4 Å². The van der Waals surface area contributed by atoms with Gasteiger partial charge in [-0.1, -0.05) is 37.1 Å². The van der Waals surface area contributed by atoms with Crippen molar-refractivity contribution in [1.29, 1.82) is 0 Å². The highest BCUT2D eigenvalue weighted by Gasteiger charge is 2.42. The molecule has 30 heavy (non-hydrogen) atoms. The molecule has 168 valence electrons. The van der Waals surface area contributed by atoms with Gasteiger partial charge in [-0.2, -0.15) is 0 Å². The number of guanidine groups is 1. The molecular formula is C23H38IN5O. The largest absolute Gasteiger partial charge is 0.357 e. The topological polar surface area (TPSA) is 60.0 Å². The summed E-state index contributed by atoms with van der Waals surface area (Å²) in [5.74, 6) is 1.05. The lowest BCUT2D eigenvalue weighted by Gasteiger charge is -2.30. The number of hydrogen-bond acceptors (Lipinski definition) is 3. The molecule has 1 aliphatic carbocycles. The minimum atomic E-state index is -0.317. The number of carbonyl (C=O) groups is 1. The molecule has 6 nitrogen and oxygen atoms in total. The van der Waals surface area contributed by atoms with Gasteiger partial charge < -0.3 is 15.5 Å². The monoisotopic (exact) mass is 527 g/mol. The van der Waals surface area contributed by atoms with Crippen molar-refractivity contribution < 1.29 is 4.79 Å². The Morgan fingerprint density at radius 3 is 2.53 bits per heavy atom. The van der Waals surface area contributed by atoms with Crippen LogP contribution in [0.2, 0.25) is 0 Å². The molecule has 0 aromatic heterocycles. The Labute approximate surface area is 198 Å². The van der Waals surface area contributed by atoms with Crippen molar-refractivity contribution in [1.82, 2.24) is 20.4 Å². The van der Waals surface area contributed by atoms with Crippen LogP contribution in [-0.4, -0.2) is 68.5 Å². The third-order valence-electron chi connectivity index (χ3n) is 6.23. The van der Waals surface area contributed by atoms with Gasteiger partial charge in [-0.3, -0.25) is 14.7 Å². The van der Waals surface area contributed by atoms with Crippen LogP contribution < -0.4 is 10.6 Å². The lowest BCUT2D eigenvalue weighted by molar-refractivity contribution is -0.138. The highest BCUT2D eigenvalue weighted by Crippen LogP contribution is 2.39. The lowest BCUT2D eigenvalue weighted by Crippen LogP contribution is -2.44. The van der Waals surface area contributed by atoms with Crippen LogP contribution in [0.5, 0.6) is 0 Å². The van der Waals surface area contributed by atoms with Gasteiger partial charge in [0.05, 0.1) is 12.0 Å². The van der Waals surface area contributed by atoms with E-state index in [4.69, 9.17) is 4.99 Å². The molecule has 2 N–H and O–H groups in total. The van der Waals surface area contributed by atoms with Crippen molar-refractivity contribution in [3.8, 4) is 0 Å². The Bertz CT molecular complexity index is 715. The molecule has 0 saturated heterocycles. The summed E-state index contributed by atoms with van der Waals surface area (Å²) in [5, 5.41) is 6.81. The second-order valence-electron chi connectivity index (χ2n) is 8.60. The molecule has 1 heterocycles. The molecule has 0 radical (unpaired) electrons. The summed E-state index contributed by atoms with van der Waals surface area (Å²) in [5.41, 5.74) is 2.62. The van der Waals surface area contributed by atoms with Crippen LogP contribution in [-0.2, 0) is 17.8 Å². The number of aliphatic imine (C=N–C) groups is 1. The molecule has 0 unspecified atom stereocenters. The Hall–Kier alpha value is -1.35. The fraction of sp³-hybridized carbons (Fsp3) is 0.652. The van der Waals surface area contributed by atoms with E-state index >= 15 is 0 Å². The fourth-order valence-corrected chi connectivity index (χ4v) is 4.62. The van der Waals surface area contributed by atoms with E-state index in [1.54, 1.807) is 4.90 Å². The molecule has 0 atom stereocenters. The first kappa shape index (κ1) is 24.9. The van der Waals surface area contributed by atoms with E-state index in [1.165, 1.54) is 11.1 Å². The zero-order chi connectivity index (χ0) is 20.7. The molecule has 1 aliphatic heterocycles. The lowest BCUT2D eigenvalue weighted by atomic mass is 9.85. The van der Waals surface area contributed by atoms with Crippen molar-refractivity contribution in [3.63, 3.8) is 0 Å². The van der Waals surface area contributed by atoms with Gasteiger partial charge in [0.15, 0.2) is 5.96 Å². The minimum absolute atomic E-state index is 0. The van der Waals surface area contributed by atoms with Crippen LogP contribution in [0.15, 0.2) is 29.3 Å². The van der Waals surface area contributed by atoms with E-state index in [0.29, 0.717) is 6.54 Å². The predicted molar refractivity (Wildman–Crippen MR) is 134 cm³/mol. The molecule has 1 saturated carbocycles. The SMILES string of the molecule is CCNC(=NCC1(C(=O)N(C)C)CCCC1)NCCN1CCc2ccccc2C1.I. The maximum Gasteiger partial charge on any atom is 0.230 e.